The summed E-state index contributed by atoms with van der Waals surface area (Å²) in [5, 5.41) is 14.9. The highest BCUT2D eigenvalue weighted by Gasteiger charge is 2.32. The first kappa shape index (κ1) is 33.1. The van der Waals surface area contributed by atoms with Crippen LogP contribution in [0.15, 0.2) is 86.0 Å². The Morgan fingerprint density at radius 1 is 1.00 bits per heavy atom. The standard InChI is InChI=1S/C33H41N3O7/c1-3-12-26(20-30(38)36-19-11-18-27(36)22-37)31(39)34-21-29(25-16-9-6-10-17-25)43-32(40)28(13-4-2)35-33(41)42-23-24-14-7-5-8-15-24/h3-10,14-17,26-29,37H,1-2,11-13,18-23H2,(H,34,39)(H,35,41)/t26-,27+,28-,29+/m1/s1. The van der Waals surface area contributed by atoms with Crippen LogP contribution in [0.3, 0.4) is 0 Å². The Balaban J connectivity index is 1.64. The summed E-state index contributed by atoms with van der Waals surface area (Å²) in [5.74, 6) is -1.97. The highest BCUT2D eigenvalue weighted by molar-refractivity contribution is 5.86. The molecule has 10 heteroatoms. The van der Waals surface area contributed by atoms with E-state index in [0.717, 1.165) is 18.4 Å². The van der Waals surface area contributed by atoms with Crippen molar-refractivity contribution < 1.29 is 33.8 Å². The fourth-order valence-corrected chi connectivity index (χ4v) is 4.91. The number of nitrogens with zero attached hydrogens (tertiary/aromatic N) is 1. The summed E-state index contributed by atoms with van der Waals surface area (Å²) in [7, 11) is 0. The molecule has 0 radical (unpaired) electrons. The molecule has 0 unspecified atom stereocenters. The molecule has 10 nitrogen and oxygen atoms in total. The molecule has 0 aromatic heterocycles. The normalized spacial score (nSPS) is 16.3. The molecule has 43 heavy (non-hydrogen) atoms. The van der Waals surface area contributed by atoms with Gasteiger partial charge in [0, 0.05) is 13.0 Å². The Hall–Kier alpha value is -4.44. The van der Waals surface area contributed by atoms with Gasteiger partial charge in [0.1, 0.15) is 18.8 Å². The minimum absolute atomic E-state index is 0.0272. The van der Waals surface area contributed by atoms with Crippen LogP contribution in [0.2, 0.25) is 0 Å². The molecule has 1 saturated heterocycles. The number of hydrogen-bond acceptors (Lipinski definition) is 7. The molecule has 3 N–H and O–H groups in total. The van der Waals surface area contributed by atoms with Gasteiger partial charge in [-0.15, -0.1) is 13.2 Å². The number of carbonyl (C=O) groups is 4. The smallest absolute Gasteiger partial charge is 0.408 e. The lowest BCUT2D eigenvalue weighted by Crippen LogP contribution is -2.44. The van der Waals surface area contributed by atoms with Gasteiger partial charge in [0.25, 0.3) is 0 Å². The number of rotatable bonds is 16. The summed E-state index contributed by atoms with van der Waals surface area (Å²) < 4.78 is 11.1. The molecule has 3 amide bonds. The van der Waals surface area contributed by atoms with Gasteiger partial charge in [0.05, 0.1) is 25.1 Å². The molecule has 1 fully saturated rings. The summed E-state index contributed by atoms with van der Waals surface area (Å²) in [6, 6.07) is 16.8. The lowest BCUT2D eigenvalue weighted by molar-refractivity contribution is -0.152. The predicted molar refractivity (Wildman–Crippen MR) is 161 cm³/mol. The summed E-state index contributed by atoms with van der Waals surface area (Å²) in [6.07, 6.45) is 3.32. The molecule has 2 aromatic rings. The van der Waals surface area contributed by atoms with Gasteiger partial charge in [0.15, 0.2) is 0 Å². The van der Waals surface area contributed by atoms with Gasteiger partial charge in [-0.3, -0.25) is 9.59 Å². The molecule has 2 aromatic carbocycles. The number of alkyl carbamates (subject to hydrolysis) is 1. The van der Waals surface area contributed by atoms with Crippen molar-refractivity contribution in [1.29, 1.82) is 0 Å². The second kappa shape index (κ2) is 17.5. The molecular formula is C33H41N3O7. The SMILES string of the molecule is C=CC[C@H](CC(=O)N1CCC[C@H]1CO)C(=O)NC[C@H](OC(=O)[C@@H](CC=C)NC(=O)OCc1ccccc1)c1ccccc1. The number of likely N-dealkylation sites (tertiary alicyclic amines) is 1. The number of aliphatic hydroxyl groups excluding tert-OH is 1. The van der Waals surface area contributed by atoms with E-state index in [0.29, 0.717) is 12.1 Å². The molecule has 1 aliphatic heterocycles. The summed E-state index contributed by atoms with van der Waals surface area (Å²) in [5.41, 5.74) is 1.44. The molecule has 230 valence electrons. The number of allylic oxidation sites excluding steroid dienone is 1. The van der Waals surface area contributed by atoms with Crippen molar-refractivity contribution >= 4 is 23.9 Å². The molecule has 0 bridgehead atoms. The Bertz CT molecular complexity index is 1220. The van der Waals surface area contributed by atoms with E-state index < -0.39 is 30.1 Å². The fraction of sp³-hybridized carbons (Fsp3) is 0.394. The van der Waals surface area contributed by atoms with E-state index in [-0.39, 0.29) is 56.9 Å². The number of hydrogen-bond donors (Lipinski definition) is 3. The molecule has 1 aliphatic rings. The van der Waals surface area contributed by atoms with E-state index >= 15 is 0 Å². The fourth-order valence-electron chi connectivity index (χ4n) is 4.91. The van der Waals surface area contributed by atoms with Crippen LogP contribution in [-0.4, -0.2) is 65.7 Å². The van der Waals surface area contributed by atoms with Crippen LogP contribution in [0, 0.1) is 5.92 Å². The second-order valence-electron chi connectivity index (χ2n) is 10.4. The third kappa shape index (κ3) is 10.4. The van der Waals surface area contributed by atoms with Crippen LogP contribution in [-0.2, 0) is 30.5 Å². The van der Waals surface area contributed by atoms with E-state index in [1.165, 1.54) is 6.08 Å². The van der Waals surface area contributed by atoms with Crippen molar-refractivity contribution in [2.45, 2.75) is 56.9 Å². The first-order chi connectivity index (χ1) is 20.9. The van der Waals surface area contributed by atoms with Gasteiger partial charge < -0.3 is 30.1 Å². The lowest BCUT2D eigenvalue weighted by Gasteiger charge is -2.26. The minimum atomic E-state index is -1.06. The monoisotopic (exact) mass is 591 g/mol. The first-order valence-electron chi connectivity index (χ1n) is 14.5. The van der Waals surface area contributed by atoms with Crippen LogP contribution < -0.4 is 10.6 Å². The van der Waals surface area contributed by atoms with Gasteiger partial charge in [0.2, 0.25) is 11.8 Å². The average Bonchev–Trinajstić information content (AvgIpc) is 3.51. The average molecular weight is 592 g/mol. The van der Waals surface area contributed by atoms with Crippen LogP contribution in [0.4, 0.5) is 4.79 Å². The number of esters is 1. The molecule has 0 saturated carbocycles. The Kier molecular flexibility index (Phi) is 13.5. The van der Waals surface area contributed by atoms with Crippen LogP contribution in [0.1, 0.15) is 49.3 Å². The van der Waals surface area contributed by atoms with E-state index in [4.69, 9.17) is 9.47 Å². The second-order valence-corrected chi connectivity index (χ2v) is 10.4. The van der Waals surface area contributed by atoms with Gasteiger partial charge >= 0.3 is 12.1 Å². The third-order valence-electron chi connectivity index (χ3n) is 7.23. The van der Waals surface area contributed by atoms with Crippen LogP contribution in [0.25, 0.3) is 0 Å². The quantitative estimate of drug-likeness (QED) is 0.200. The number of nitrogens with one attached hydrogen (secondary N) is 2. The number of carbonyl (C=O) groups excluding carboxylic acids is 4. The maximum atomic E-state index is 13.2. The van der Waals surface area contributed by atoms with Crippen molar-refractivity contribution in [1.82, 2.24) is 15.5 Å². The zero-order valence-corrected chi connectivity index (χ0v) is 24.4. The van der Waals surface area contributed by atoms with Crippen LogP contribution >= 0.6 is 0 Å². The topological polar surface area (TPSA) is 134 Å². The van der Waals surface area contributed by atoms with Gasteiger partial charge in [-0.25, -0.2) is 9.59 Å². The van der Waals surface area contributed by atoms with E-state index in [1.54, 1.807) is 35.2 Å². The Morgan fingerprint density at radius 2 is 1.67 bits per heavy atom. The van der Waals surface area contributed by atoms with Crippen molar-refractivity contribution in [3.05, 3.63) is 97.1 Å². The number of benzene rings is 2. The zero-order valence-electron chi connectivity index (χ0n) is 24.4. The Morgan fingerprint density at radius 3 is 2.33 bits per heavy atom. The number of ether oxygens (including phenoxy) is 2. The Labute approximate surface area is 252 Å². The number of aliphatic hydroxyl groups is 1. The molecule has 3 rings (SSSR count). The number of amides is 3. The maximum absolute atomic E-state index is 13.2. The predicted octanol–water partition coefficient (Wildman–Crippen LogP) is 3.82. The molecule has 1 heterocycles. The van der Waals surface area contributed by atoms with Crippen molar-refractivity contribution in [2.24, 2.45) is 5.92 Å². The highest BCUT2D eigenvalue weighted by atomic mass is 16.6. The molecule has 0 spiro atoms. The van der Waals surface area contributed by atoms with E-state index in [2.05, 4.69) is 23.8 Å². The maximum Gasteiger partial charge on any atom is 0.408 e. The van der Waals surface area contributed by atoms with Crippen molar-refractivity contribution in [3.8, 4) is 0 Å². The highest BCUT2D eigenvalue weighted by Crippen LogP contribution is 2.22. The summed E-state index contributed by atoms with van der Waals surface area (Å²) >= 11 is 0. The minimum Gasteiger partial charge on any atom is -0.454 e. The summed E-state index contributed by atoms with van der Waals surface area (Å²) in [4.78, 5) is 53.5. The molecule has 4 atom stereocenters. The van der Waals surface area contributed by atoms with Gasteiger partial charge in [-0.05, 0) is 36.8 Å². The largest absolute Gasteiger partial charge is 0.454 e. The van der Waals surface area contributed by atoms with E-state index in [1.807, 2.05) is 36.4 Å². The zero-order chi connectivity index (χ0) is 31.0. The van der Waals surface area contributed by atoms with Gasteiger partial charge in [-0.2, -0.15) is 0 Å². The van der Waals surface area contributed by atoms with Crippen LogP contribution in [0.5, 0.6) is 0 Å². The molecule has 0 aliphatic carbocycles. The van der Waals surface area contributed by atoms with E-state index in [9.17, 15) is 24.3 Å². The molecular weight excluding hydrogens is 550 g/mol. The summed E-state index contributed by atoms with van der Waals surface area (Å²) in [6.45, 7) is 7.82. The first-order valence-corrected chi connectivity index (χ1v) is 14.5. The van der Waals surface area contributed by atoms with Crippen molar-refractivity contribution in [2.75, 3.05) is 19.7 Å². The van der Waals surface area contributed by atoms with Crippen molar-refractivity contribution in [3.63, 3.8) is 0 Å². The third-order valence-corrected chi connectivity index (χ3v) is 7.23. The van der Waals surface area contributed by atoms with Gasteiger partial charge in [-0.1, -0.05) is 72.8 Å². The lowest BCUT2D eigenvalue weighted by atomic mass is 9.99.